The molecule has 5 nitrogen and oxygen atoms in total. The van der Waals surface area contributed by atoms with Crippen LogP contribution in [0.2, 0.25) is 0 Å². The van der Waals surface area contributed by atoms with Gasteiger partial charge in [0.1, 0.15) is 11.9 Å². The molecule has 1 heterocycles. The highest BCUT2D eigenvalue weighted by Gasteiger charge is 2.33. The summed E-state index contributed by atoms with van der Waals surface area (Å²) in [5, 5.41) is 11.3. The summed E-state index contributed by atoms with van der Waals surface area (Å²) in [7, 11) is 0. The lowest BCUT2D eigenvalue weighted by Crippen LogP contribution is -2.26. The van der Waals surface area contributed by atoms with Gasteiger partial charge in [0.2, 0.25) is 0 Å². The van der Waals surface area contributed by atoms with Crippen molar-refractivity contribution in [3.8, 4) is 16.9 Å². The summed E-state index contributed by atoms with van der Waals surface area (Å²) in [4.78, 5) is 22.9. The van der Waals surface area contributed by atoms with Crippen molar-refractivity contribution in [2.75, 3.05) is 6.54 Å². The molecule has 0 aliphatic carbocycles. The number of fused-ring (bicyclic) bond motifs is 1. The van der Waals surface area contributed by atoms with Crippen molar-refractivity contribution < 1.29 is 19.4 Å². The van der Waals surface area contributed by atoms with Gasteiger partial charge in [0, 0.05) is 23.6 Å². The van der Waals surface area contributed by atoms with Crippen molar-refractivity contribution in [2.24, 2.45) is 0 Å². The second-order valence-corrected chi connectivity index (χ2v) is 8.91. The van der Waals surface area contributed by atoms with E-state index in [0.29, 0.717) is 5.56 Å². The zero-order valence-electron chi connectivity index (χ0n) is 19.7. The van der Waals surface area contributed by atoms with Gasteiger partial charge in [0.25, 0.3) is 5.91 Å². The first-order chi connectivity index (χ1) is 16.2. The SMILES string of the molecule is C=C(C)c1ccc(-c2cc3c(cc2C)OC(c2ccc(C(=O)NCCC(=O)O)cc2)C3C)cc1. The molecule has 1 aliphatic rings. The van der Waals surface area contributed by atoms with Gasteiger partial charge in [0.15, 0.2) is 0 Å². The Labute approximate surface area is 200 Å². The smallest absolute Gasteiger partial charge is 0.305 e. The number of carbonyl (C=O) groups excluding carboxylic acids is 1. The van der Waals surface area contributed by atoms with Crippen molar-refractivity contribution in [3.63, 3.8) is 0 Å². The predicted molar refractivity (Wildman–Crippen MR) is 134 cm³/mol. The third kappa shape index (κ3) is 4.74. The Bertz CT molecular complexity index is 1240. The maximum absolute atomic E-state index is 12.2. The summed E-state index contributed by atoms with van der Waals surface area (Å²) in [5.41, 5.74) is 8.36. The lowest BCUT2D eigenvalue weighted by molar-refractivity contribution is -0.136. The Morgan fingerprint density at radius 2 is 1.68 bits per heavy atom. The number of carbonyl (C=O) groups is 2. The van der Waals surface area contributed by atoms with Gasteiger partial charge in [-0.1, -0.05) is 55.5 Å². The van der Waals surface area contributed by atoms with Crippen LogP contribution < -0.4 is 10.1 Å². The Kier molecular flexibility index (Phi) is 6.55. The normalized spacial score (nSPS) is 16.4. The number of carboxylic acids is 1. The molecular formula is C29H29NO4. The highest BCUT2D eigenvalue weighted by molar-refractivity contribution is 5.94. The zero-order chi connectivity index (χ0) is 24.4. The number of aliphatic carboxylic acids is 1. The molecule has 174 valence electrons. The first-order valence-corrected chi connectivity index (χ1v) is 11.4. The molecule has 0 saturated carbocycles. The molecular weight excluding hydrogens is 426 g/mol. The number of benzene rings is 3. The van der Waals surface area contributed by atoms with Crippen molar-refractivity contribution in [1.82, 2.24) is 5.32 Å². The number of amides is 1. The largest absolute Gasteiger partial charge is 0.485 e. The zero-order valence-corrected chi connectivity index (χ0v) is 19.7. The van der Waals surface area contributed by atoms with E-state index < -0.39 is 5.97 Å². The fourth-order valence-corrected chi connectivity index (χ4v) is 4.37. The minimum atomic E-state index is -0.940. The van der Waals surface area contributed by atoms with Gasteiger partial charge < -0.3 is 15.2 Å². The van der Waals surface area contributed by atoms with Crippen molar-refractivity contribution in [1.29, 1.82) is 0 Å². The van der Waals surface area contributed by atoms with E-state index >= 15 is 0 Å². The standard InChI is InChI=1S/C29H29NO4/c1-17(2)20-5-7-21(8-6-20)24-16-25-19(4)28(34-26(25)15-18(24)3)22-9-11-23(12-10-22)29(33)30-14-13-27(31)32/h5-12,15-16,19,28H,1,13-14H2,2-4H3,(H,30,33)(H,31,32). The predicted octanol–water partition coefficient (Wildman–Crippen LogP) is 6.14. The number of carboxylic acid groups (broad SMARTS) is 1. The van der Waals surface area contributed by atoms with E-state index in [4.69, 9.17) is 9.84 Å². The van der Waals surface area contributed by atoms with E-state index in [-0.39, 0.29) is 30.9 Å². The first kappa shape index (κ1) is 23.3. The molecule has 1 aliphatic heterocycles. The summed E-state index contributed by atoms with van der Waals surface area (Å²) < 4.78 is 6.34. The quantitative estimate of drug-likeness (QED) is 0.449. The fourth-order valence-electron chi connectivity index (χ4n) is 4.37. The lowest BCUT2D eigenvalue weighted by Gasteiger charge is -2.16. The fraction of sp³-hybridized carbons (Fsp3) is 0.241. The maximum Gasteiger partial charge on any atom is 0.305 e. The number of allylic oxidation sites excluding steroid dienone is 1. The molecule has 3 aromatic carbocycles. The highest BCUT2D eigenvalue weighted by atomic mass is 16.5. The molecule has 5 heteroatoms. The van der Waals surface area contributed by atoms with Crippen LogP contribution in [0.1, 0.15) is 64.9 Å². The molecule has 34 heavy (non-hydrogen) atoms. The lowest BCUT2D eigenvalue weighted by atomic mass is 9.89. The summed E-state index contributed by atoms with van der Waals surface area (Å²) in [5.74, 6) is -0.175. The third-order valence-corrected chi connectivity index (χ3v) is 6.37. The van der Waals surface area contributed by atoms with Gasteiger partial charge in [-0.05, 0) is 65.9 Å². The van der Waals surface area contributed by atoms with Gasteiger partial charge >= 0.3 is 5.97 Å². The Morgan fingerprint density at radius 3 is 2.29 bits per heavy atom. The average Bonchev–Trinajstić information content (AvgIpc) is 3.13. The van der Waals surface area contributed by atoms with E-state index in [0.717, 1.165) is 28.0 Å². The topological polar surface area (TPSA) is 75.6 Å². The second-order valence-electron chi connectivity index (χ2n) is 8.91. The van der Waals surface area contributed by atoms with E-state index in [1.165, 1.54) is 16.7 Å². The molecule has 0 fully saturated rings. The molecule has 0 aromatic heterocycles. The van der Waals surface area contributed by atoms with Crippen LogP contribution in [0.25, 0.3) is 16.7 Å². The molecule has 2 atom stereocenters. The molecule has 4 rings (SSSR count). The second kappa shape index (κ2) is 9.56. The summed E-state index contributed by atoms with van der Waals surface area (Å²) in [6, 6.07) is 20.1. The number of ether oxygens (including phenoxy) is 1. The highest BCUT2D eigenvalue weighted by Crippen LogP contribution is 2.48. The van der Waals surface area contributed by atoms with Gasteiger partial charge in [-0.2, -0.15) is 0 Å². The molecule has 0 spiro atoms. The van der Waals surface area contributed by atoms with Crippen LogP contribution in [0.15, 0.2) is 67.2 Å². The molecule has 2 unspecified atom stereocenters. The number of hydrogen-bond acceptors (Lipinski definition) is 3. The number of rotatable bonds is 7. The Hall–Kier alpha value is -3.86. The van der Waals surface area contributed by atoms with E-state index in [9.17, 15) is 9.59 Å². The monoisotopic (exact) mass is 455 g/mol. The summed E-state index contributed by atoms with van der Waals surface area (Å²) >= 11 is 0. The van der Waals surface area contributed by atoms with Gasteiger partial charge in [0.05, 0.1) is 6.42 Å². The minimum absolute atomic E-state index is 0.102. The van der Waals surface area contributed by atoms with Crippen molar-refractivity contribution >= 4 is 17.4 Å². The van der Waals surface area contributed by atoms with Crippen LogP contribution in [-0.4, -0.2) is 23.5 Å². The van der Waals surface area contributed by atoms with Crippen molar-refractivity contribution in [3.05, 3.63) is 95.1 Å². The van der Waals surface area contributed by atoms with E-state index in [1.54, 1.807) is 12.1 Å². The molecule has 1 amide bonds. The molecule has 0 saturated heterocycles. The Morgan fingerprint density at radius 1 is 1.03 bits per heavy atom. The van der Waals surface area contributed by atoms with Crippen molar-refractivity contribution in [2.45, 2.75) is 39.2 Å². The van der Waals surface area contributed by atoms with E-state index in [1.807, 2.05) is 19.1 Å². The summed E-state index contributed by atoms with van der Waals surface area (Å²) in [6.45, 7) is 10.4. The molecule has 0 radical (unpaired) electrons. The van der Waals surface area contributed by atoms with Gasteiger partial charge in [-0.25, -0.2) is 0 Å². The molecule has 0 bridgehead atoms. The van der Waals surface area contributed by atoms with E-state index in [2.05, 4.69) is 62.1 Å². The van der Waals surface area contributed by atoms with Crippen LogP contribution in [-0.2, 0) is 4.79 Å². The number of hydrogen-bond donors (Lipinski definition) is 2. The van der Waals surface area contributed by atoms with Crippen LogP contribution in [0, 0.1) is 6.92 Å². The summed E-state index contributed by atoms with van der Waals surface area (Å²) in [6.07, 6.45) is -0.242. The number of aryl methyl sites for hydroxylation is 1. The van der Waals surface area contributed by atoms with Crippen LogP contribution >= 0.6 is 0 Å². The maximum atomic E-state index is 12.2. The van der Waals surface area contributed by atoms with Gasteiger partial charge in [-0.15, -0.1) is 0 Å². The van der Waals surface area contributed by atoms with Gasteiger partial charge in [-0.3, -0.25) is 9.59 Å². The molecule has 2 N–H and O–H groups in total. The van der Waals surface area contributed by atoms with Crippen LogP contribution in [0.5, 0.6) is 5.75 Å². The number of nitrogens with one attached hydrogen (secondary N) is 1. The first-order valence-electron chi connectivity index (χ1n) is 11.4. The average molecular weight is 456 g/mol. The van der Waals surface area contributed by atoms with Crippen LogP contribution in [0.4, 0.5) is 0 Å². The Balaban J connectivity index is 1.52. The minimum Gasteiger partial charge on any atom is -0.485 e. The molecule has 3 aromatic rings. The third-order valence-electron chi connectivity index (χ3n) is 6.37. The van der Waals surface area contributed by atoms with Crippen LogP contribution in [0.3, 0.4) is 0 Å².